The molecule has 0 aliphatic rings. The van der Waals surface area contributed by atoms with Gasteiger partial charge in [-0.3, -0.25) is 0 Å². The van der Waals surface area contributed by atoms with Crippen LogP contribution in [0.4, 0.5) is 0 Å². The molecule has 55 valence electrons. The highest BCUT2D eigenvalue weighted by molar-refractivity contribution is 6.46. The van der Waals surface area contributed by atoms with Crippen molar-refractivity contribution in [2.75, 3.05) is 6.61 Å². The van der Waals surface area contributed by atoms with Crippen LogP contribution in [0.5, 0.6) is 0 Å². The summed E-state index contributed by atoms with van der Waals surface area (Å²) >= 11 is 0. The molecule has 0 amide bonds. The van der Waals surface area contributed by atoms with Crippen molar-refractivity contribution < 1.29 is 4.65 Å². The van der Waals surface area contributed by atoms with Crippen molar-refractivity contribution in [3.8, 4) is 0 Å². The molecule has 1 rings (SSSR count). The summed E-state index contributed by atoms with van der Waals surface area (Å²) in [6, 6.07) is 9.91. The van der Waals surface area contributed by atoms with Crippen LogP contribution in [-0.2, 0) is 4.65 Å². The Kier molecular flexibility index (Phi) is 3.49. The highest BCUT2D eigenvalue weighted by atomic mass is 16.4. The number of benzene rings is 1. The Morgan fingerprint density at radius 1 is 1.36 bits per heavy atom. The largest absolute Gasteiger partial charge is 0.431 e. The van der Waals surface area contributed by atoms with E-state index in [1.54, 1.807) is 13.6 Å². The minimum atomic E-state index is 0.564. The van der Waals surface area contributed by atoms with Crippen LogP contribution in [0.1, 0.15) is 0 Å². The van der Waals surface area contributed by atoms with Crippen LogP contribution in [0.25, 0.3) is 0 Å². The van der Waals surface area contributed by atoms with Crippen molar-refractivity contribution in [3.05, 3.63) is 43.0 Å². The molecule has 0 saturated heterocycles. The lowest BCUT2D eigenvalue weighted by atomic mass is 9.88. The maximum absolute atomic E-state index is 5.13. The van der Waals surface area contributed by atoms with Gasteiger partial charge in [0.1, 0.15) is 0 Å². The smallest absolute Gasteiger partial charge is 0.330 e. The van der Waals surface area contributed by atoms with E-state index >= 15 is 0 Å². The quantitative estimate of drug-likeness (QED) is 0.350. The molecule has 0 bridgehead atoms. The van der Waals surface area contributed by atoms with Crippen molar-refractivity contribution >= 4 is 12.9 Å². The van der Waals surface area contributed by atoms with Crippen LogP contribution in [0.15, 0.2) is 43.0 Å². The maximum atomic E-state index is 5.13. The van der Waals surface area contributed by atoms with E-state index in [1.807, 2.05) is 30.3 Å². The van der Waals surface area contributed by atoms with Gasteiger partial charge in [0, 0.05) is 6.61 Å². The zero-order valence-electron chi connectivity index (χ0n) is 6.36. The van der Waals surface area contributed by atoms with Gasteiger partial charge in [-0.05, 0) is 0 Å². The molecule has 1 aromatic rings. The standard InChI is InChI=1S/C9H10BO/c1-2-8-11-10-9-6-4-3-5-7-9/h2-7H,1,8H2. The van der Waals surface area contributed by atoms with Gasteiger partial charge in [-0.2, -0.15) is 0 Å². The molecule has 0 unspecified atom stereocenters. The highest BCUT2D eigenvalue weighted by Crippen LogP contribution is 1.81. The molecule has 0 spiro atoms. The van der Waals surface area contributed by atoms with E-state index in [2.05, 4.69) is 6.58 Å². The van der Waals surface area contributed by atoms with Crippen molar-refractivity contribution in [1.29, 1.82) is 0 Å². The summed E-state index contributed by atoms with van der Waals surface area (Å²) in [5.74, 6) is 0. The van der Waals surface area contributed by atoms with Gasteiger partial charge in [0.15, 0.2) is 0 Å². The lowest BCUT2D eigenvalue weighted by Gasteiger charge is -1.97. The van der Waals surface area contributed by atoms with Gasteiger partial charge in [-0.1, -0.05) is 41.9 Å². The average molecular weight is 145 g/mol. The number of rotatable bonds is 4. The first kappa shape index (κ1) is 8.09. The molecule has 0 saturated carbocycles. The average Bonchev–Trinajstić information content (AvgIpc) is 2.07. The first-order valence-electron chi connectivity index (χ1n) is 3.54. The topological polar surface area (TPSA) is 9.23 Å². The molecular weight excluding hydrogens is 135 g/mol. The van der Waals surface area contributed by atoms with Crippen LogP contribution in [-0.4, -0.2) is 14.1 Å². The second-order valence-corrected chi connectivity index (χ2v) is 2.15. The fourth-order valence-electron chi connectivity index (χ4n) is 0.744. The zero-order valence-corrected chi connectivity index (χ0v) is 6.36. The van der Waals surface area contributed by atoms with Gasteiger partial charge in [0.05, 0.1) is 0 Å². The van der Waals surface area contributed by atoms with E-state index in [4.69, 9.17) is 4.65 Å². The molecule has 1 aromatic carbocycles. The fourth-order valence-corrected chi connectivity index (χ4v) is 0.744. The van der Waals surface area contributed by atoms with E-state index < -0.39 is 0 Å². The van der Waals surface area contributed by atoms with Crippen molar-refractivity contribution in [2.45, 2.75) is 0 Å². The number of hydrogen-bond acceptors (Lipinski definition) is 1. The molecule has 0 heterocycles. The molecule has 0 aliphatic heterocycles. The third-order valence-electron chi connectivity index (χ3n) is 1.23. The summed E-state index contributed by atoms with van der Waals surface area (Å²) in [6.45, 7) is 4.11. The third kappa shape index (κ3) is 3.05. The minimum absolute atomic E-state index is 0.564. The third-order valence-corrected chi connectivity index (χ3v) is 1.23. The second-order valence-electron chi connectivity index (χ2n) is 2.15. The zero-order chi connectivity index (χ0) is 7.94. The Labute approximate surface area is 68.0 Å². The molecular formula is C9H10BO. The first-order chi connectivity index (χ1) is 5.43. The van der Waals surface area contributed by atoms with E-state index in [9.17, 15) is 0 Å². The van der Waals surface area contributed by atoms with Crippen LogP contribution in [0.3, 0.4) is 0 Å². The fraction of sp³-hybridized carbons (Fsp3) is 0.111. The summed E-state index contributed by atoms with van der Waals surface area (Å²) < 4.78 is 5.13. The molecule has 0 atom stereocenters. The van der Waals surface area contributed by atoms with Gasteiger partial charge < -0.3 is 4.65 Å². The van der Waals surface area contributed by atoms with E-state index in [1.165, 1.54) is 0 Å². The lowest BCUT2D eigenvalue weighted by molar-refractivity contribution is 0.393. The predicted molar refractivity (Wildman–Crippen MR) is 48.0 cm³/mol. The summed E-state index contributed by atoms with van der Waals surface area (Å²) in [6.07, 6.45) is 1.72. The molecule has 1 nitrogen and oxygen atoms in total. The normalized spacial score (nSPS) is 9.09. The monoisotopic (exact) mass is 145 g/mol. The second kappa shape index (κ2) is 4.75. The highest BCUT2D eigenvalue weighted by Gasteiger charge is 1.92. The Balaban J connectivity index is 2.33. The SMILES string of the molecule is C=CCO[B]c1ccccc1. The molecule has 2 heteroatoms. The molecule has 0 aliphatic carbocycles. The van der Waals surface area contributed by atoms with Gasteiger partial charge in [-0.15, -0.1) is 6.58 Å². The summed E-state index contributed by atoms with van der Waals surface area (Å²) in [4.78, 5) is 0. The predicted octanol–water partition coefficient (Wildman–Crippen LogP) is 1.13. The first-order valence-corrected chi connectivity index (χ1v) is 3.54. The van der Waals surface area contributed by atoms with E-state index in [0.717, 1.165) is 5.46 Å². The van der Waals surface area contributed by atoms with Gasteiger partial charge in [-0.25, -0.2) is 0 Å². The van der Waals surface area contributed by atoms with E-state index in [0.29, 0.717) is 6.61 Å². The van der Waals surface area contributed by atoms with Crippen molar-refractivity contribution in [3.63, 3.8) is 0 Å². The Morgan fingerprint density at radius 3 is 2.73 bits per heavy atom. The van der Waals surface area contributed by atoms with Gasteiger partial charge in [0.25, 0.3) is 0 Å². The Morgan fingerprint density at radius 2 is 2.09 bits per heavy atom. The van der Waals surface area contributed by atoms with Crippen molar-refractivity contribution in [1.82, 2.24) is 0 Å². The Bertz CT molecular complexity index is 208. The van der Waals surface area contributed by atoms with Crippen LogP contribution >= 0.6 is 0 Å². The molecule has 11 heavy (non-hydrogen) atoms. The van der Waals surface area contributed by atoms with Crippen LogP contribution < -0.4 is 5.46 Å². The van der Waals surface area contributed by atoms with Gasteiger partial charge in [0.2, 0.25) is 0 Å². The summed E-state index contributed by atoms with van der Waals surface area (Å²) in [5, 5.41) is 0. The van der Waals surface area contributed by atoms with E-state index in [-0.39, 0.29) is 0 Å². The summed E-state index contributed by atoms with van der Waals surface area (Å²) in [5.41, 5.74) is 1.08. The molecule has 0 fully saturated rings. The Hall–Kier alpha value is -1.02. The minimum Gasteiger partial charge on any atom is -0.431 e. The molecule has 0 aromatic heterocycles. The maximum Gasteiger partial charge on any atom is 0.330 e. The van der Waals surface area contributed by atoms with Crippen LogP contribution in [0, 0.1) is 0 Å². The van der Waals surface area contributed by atoms with Crippen molar-refractivity contribution in [2.24, 2.45) is 0 Å². The summed E-state index contributed by atoms with van der Waals surface area (Å²) in [7, 11) is 1.72. The number of hydrogen-bond donors (Lipinski definition) is 0. The van der Waals surface area contributed by atoms with Gasteiger partial charge >= 0.3 is 7.48 Å². The van der Waals surface area contributed by atoms with Crippen LogP contribution in [0.2, 0.25) is 0 Å². The molecule has 0 N–H and O–H groups in total. The molecule has 1 radical (unpaired) electrons. The lowest BCUT2D eigenvalue weighted by Crippen LogP contribution is -2.16.